The highest BCUT2D eigenvalue weighted by atomic mass is 32.1. The van der Waals surface area contributed by atoms with Crippen molar-refractivity contribution in [1.82, 2.24) is 20.5 Å². The molecule has 29 heavy (non-hydrogen) atoms. The van der Waals surface area contributed by atoms with Crippen molar-refractivity contribution in [3.05, 3.63) is 52.0 Å². The first-order valence-corrected chi connectivity index (χ1v) is 10.5. The first kappa shape index (κ1) is 23.2. The molecule has 160 valence electrons. The van der Waals surface area contributed by atoms with Crippen molar-refractivity contribution in [2.45, 2.75) is 32.5 Å². The molecule has 9 heteroatoms. The molecule has 5 nitrogen and oxygen atoms in total. The van der Waals surface area contributed by atoms with E-state index in [0.29, 0.717) is 30.5 Å². The van der Waals surface area contributed by atoms with Gasteiger partial charge in [0.25, 0.3) is 0 Å². The Balaban J connectivity index is 1.71. The van der Waals surface area contributed by atoms with E-state index in [1.807, 2.05) is 25.1 Å². The predicted octanol–water partition coefficient (Wildman–Crippen LogP) is 3.78. The van der Waals surface area contributed by atoms with Crippen LogP contribution >= 0.6 is 11.3 Å². The van der Waals surface area contributed by atoms with Crippen LogP contribution in [0.4, 0.5) is 13.2 Å². The second kappa shape index (κ2) is 11.8. The van der Waals surface area contributed by atoms with Crippen LogP contribution in [-0.2, 0) is 19.1 Å². The number of thiazole rings is 1. The van der Waals surface area contributed by atoms with Crippen molar-refractivity contribution >= 4 is 17.3 Å². The maximum Gasteiger partial charge on any atom is 0.434 e. The molecule has 1 heterocycles. The lowest BCUT2D eigenvalue weighted by Gasteiger charge is -2.16. The fourth-order valence-corrected chi connectivity index (χ4v) is 3.50. The molecule has 2 rings (SSSR count). The molecule has 1 aromatic heterocycles. The number of aromatic nitrogens is 1. The Hall–Kier alpha value is -2.13. The van der Waals surface area contributed by atoms with Gasteiger partial charge in [-0.1, -0.05) is 30.3 Å². The van der Waals surface area contributed by atoms with E-state index in [2.05, 4.69) is 44.7 Å². The third-order valence-electron chi connectivity index (χ3n) is 4.08. The summed E-state index contributed by atoms with van der Waals surface area (Å²) in [7, 11) is 2.09. The zero-order valence-electron chi connectivity index (χ0n) is 16.8. The Kier molecular flexibility index (Phi) is 9.40. The summed E-state index contributed by atoms with van der Waals surface area (Å²) in [5.41, 5.74) is 0.460. The van der Waals surface area contributed by atoms with E-state index < -0.39 is 11.9 Å². The van der Waals surface area contributed by atoms with Crippen molar-refractivity contribution in [1.29, 1.82) is 0 Å². The number of aliphatic imine (C=N–C) groups is 1. The van der Waals surface area contributed by atoms with E-state index in [1.54, 1.807) is 0 Å². The van der Waals surface area contributed by atoms with Gasteiger partial charge in [0.2, 0.25) is 0 Å². The van der Waals surface area contributed by atoms with Gasteiger partial charge in [0, 0.05) is 38.0 Å². The van der Waals surface area contributed by atoms with Crippen molar-refractivity contribution in [3.63, 3.8) is 0 Å². The number of benzene rings is 1. The van der Waals surface area contributed by atoms with Gasteiger partial charge in [0.05, 0.1) is 5.01 Å². The molecule has 2 N–H and O–H groups in total. The summed E-state index contributed by atoms with van der Waals surface area (Å²) in [6.45, 7) is 5.67. The van der Waals surface area contributed by atoms with Crippen LogP contribution in [0.1, 0.15) is 29.6 Å². The Morgan fingerprint density at radius 3 is 2.62 bits per heavy atom. The summed E-state index contributed by atoms with van der Waals surface area (Å²) < 4.78 is 37.8. The molecule has 0 aliphatic heterocycles. The normalized spacial score (nSPS) is 12.4. The standard InChI is InChI=1S/C20H28F3N5S/c1-3-24-19(26-12-10-18-27-17(15-29-18)20(21,22)23)25-11-7-13-28(2)14-16-8-5-4-6-9-16/h4-6,8-9,15H,3,7,10-14H2,1-2H3,(H2,24,25,26). The molecule has 0 aliphatic rings. The monoisotopic (exact) mass is 427 g/mol. The van der Waals surface area contributed by atoms with E-state index in [0.717, 1.165) is 42.8 Å². The molecule has 0 radical (unpaired) electrons. The van der Waals surface area contributed by atoms with Crippen LogP contribution in [0.25, 0.3) is 0 Å². The number of guanidine groups is 1. The summed E-state index contributed by atoms with van der Waals surface area (Å²) in [5.74, 6) is 0.672. The minimum absolute atomic E-state index is 0.422. The molecule has 0 saturated heterocycles. The Bertz CT molecular complexity index is 746. The number of nitrogens with zero attached hydrogens (tertiary/aromatic N) is 3. The highest BCUT2D eigenvalue weighted by Crippen LogP contribution is 2.29. The van der Waals surface area contributed by atoms with Gasteiger partial charge >= 0.3 is 6.18 Å². The van der Waals surface area contributed by atoms with Gasteiger partial charge in [0.15, 0.2) is 11.7 Å². The van der Waals surface area contributed by atoms with Crippen LogP contribution in [-0.4, -0.2) is 49.1 Å². The first-order chi connectivity index (χ1) is 13.9. The number of hydrogen-bond acceptors (Lipinski definition) is 4. The lowest BCUT2D eigenvalue weighted by atomic mass is 10.2. The maximum atomic E-state index is 12.6. The van der Waals surface area contributed by atoms with Gasteiger partial charge in [-0.3, -0.25) is 4.99 Å². The van der Waals surface area contributed by atoms with E-state index >= 15 is 0 Å². The molecule has 0 amide bonds. The molecule has 2 aromatic rings. The molecule has 1 aromatic carbocycles. The lowest BCUT2D eigenvalue weighted by Crippen LogP contribution is -2.38. The number of halogens is 3. The maximum absolute atomic E-state index is 12.6. The fourth-order valence-electron chi connectivity index (χ4n) is 2.69. The van der Waals surface area contributed by atoms with Crippen molar-refractivity contribution in [2.75, 3.05) is 33.2 Å². The summed E-state index contributed by atoms with van der Waals surface area (Å²) >= 11 is 1.03. The highest BCUT2D eigenvalue weighted by Gasteiger charge is 2.33. The number of hydrogen-bond donors (Lipinski definition) is 2. The number of rotatable bonds is 10. The van der Waals surface area contributed by atoms with Crippen LogP contribution in [0.15, 0.2) is 40.7 Å². The van der Waals surface area contributed by atoms with Gasteiger partial charge in [-0.2, -0.15) is 13.2 Å². The Morgan fingerprint density at radius 1 is 1.21 bits per heavy atom. The minimum atomic E-state index is -4.38. The first-order valence-electron chi connectivity index (χ1n) is 9.64. The van der Waals surface area contributed by atoms with E-state index in [-0.39, 0.29) is 0 Å². The van der Waals surface area contributed by atoms with Crippen molar-refractivity contribution in [2.24, 2.45) is 4.99 Å². The summed E-state index contributed by atoms with van der Waals surface area (Å²) in [4.78, 5) is 10.4. The lowest BCUT2D eigenvalue weighted by molar-refractivity contribution is -0.140. The van der Waals surface area contributed by atoms with Gasteiger partial charge in [-0.05, 0) is 32.5 Å². The molecule has 0 unspecified atom stereocenters. The number of alkyl halides is 3. The summed E-state index contributed by atoms with van der Waals surface area (Å²) in [6.07, 6.45) is -3.04. The average molecular weight is 428 g/mol. The zero-order valence-corrected chi connectivity index (χ0v) is 17.6. The van der Waals surface area contributed by atoms with E-state index in [9.17, 15) is 13.2 Å². The molecular formula is C20H28F3N5S. The van der Waals surface area contributed by atoms with Gasteiger partial charge in [-0.15, -0.1) is 11.3 Å². The van der Waals surface area contributed by atoms with Crippen LogP contribution in [0, 0.1) is 0 Å². The van der Waals surface area contributed by atoms with Crippen LogP contribution in [0.2, 0.25) is 0 Å². The molecule has 0 spiro atoms. The average Bonchev–Trinajstić information content (AvgIpc) is 3.15. The molecule has 0 atom stereocenters. The minimum Gasteiger partial charge on any atom is -0.357 e. The predicted molar refractivity (Wildman–Crippen MR) is 112 cm³/mol. The van der Waals surface area contributed by atoms with E-state index in [4.69, 9.17) is 0 Å². The molecule has 0 fully saturated rings. The second-order valence-corrected chi connectivity index (χ2v) is 7.58. The third kappa shape index (κ3) is 8.82. The topological polar surface area (TPSA) is 52.6 Å². The van der Waals surface area contributed by atoms with E-state index in [1.165, 1.54) is 5.56 Å². The Labute approximate surface area is 174 Å². The van der Waals surface area contributed by atoms with Gasteiger partial charge < -0.3 is 15.5 Å². The zero-order chi connectivity index (χ0) is 21.1. The van der Waals surface area contributed by atoms with Crippen molar-refractivity contribution < 1.29 is 13.2 Å². The smallest absolute Gasteiger partial charge is 0.357 e. The second-order valence-electron chi connectivity index (χ2n) is 6.64. The van der Waals surface area contributed by atoms with Gasteiger partial charge in [0.1, 0.15) is 0 Å². The van der Waals surface area contributed by atoms with Crippen LogP contribution in [0.3, 0.4) is 0 Å². The van der Waals surface area contributed by atoms with Gasteiger partial charge in [-0.25, -0.2) is 4.98 Å². The summed E-state index contributed by atoms with van der Waals surface area (Å²) in [6, 6.07) is 10.3. The molecule has 0 bridgehead atoms. The highest BCUT2D eigenvalue weighted by molar-refractivity contribution is 7.09. The Morgan fingerprint density at radius 2 is 1.97 bits per heavy atom. The SMILES string of the molecule is CCNC(=NCCCN(C)Cc1ccccc1)NCCc1nc(C(F)(F)F)cs1. The third-order valence-corrected chi connectivity index (χ3v) is 4.99. The molecular weight excluding hydrogens is 399 g/mol. The quantitative estimate of drug-likeness (QED) is 0.344. The molecule has 0 saturated carbocycles. The van der Waals surface area contributed by atoms with Crippen LogP contribution < -0.4 is 10.6 Å². The van der Waals surface area contributed by atoms with Crippen LogP contribution in [0.5, 0.6) is 0 Å². The molecule has 0 aliphatic carbocycles. The summed E-state index contributed by atoms with van der Waals surface area (Å²) in [5, 5.41) is 7.83. The number of nitrogens with one attached hydrogen (secondary N) is 2. The largest absolute Gasteiger partial charge is 0.434 e. The van der Waals surface area contributed by atoms with Crippen molar-refractivity contribution in [3.8, 4) is 0 Å². The fraction of sp³-hybridized carbons (Fsp3) is 0.500.